The standard InChI is InChI=1S/C6H10B2O11.Na.H/c9-3(10)1-6(14,5(12)13)2-4(11)18-8(17)19-7(15)16;;/h14-17H,1-2H2,(H,9,10)(H,12,13);;/q;+1;-1. The number of aliphatic carboxylic acids is 2. The molecule has 0 fully saturated rings. The van der Waals surface area contributed by atoms with Gasteiger partial charge < -0.3 is 41.0 Å². The maximum Gasteiger partial charge on any atom is 1.00 e. The van der Waals surface area contributed by atoms with Crippen molar-refractivity contribution in [2.75, 3.05) is 0 Å². The zero-order valence-electron chi connectivity index (χ0n) is 11.3. The van der Waals surface area contributed by atoms with Crippen molar-refractivity contribution in [2.24, 2.45) is 0 Å². The zero-order valence-corrected chi connectivity index (χ0v) is 12.3. The van der Waals surface area contributed by atoms with E-state index in [9.17, 15) is 19.5 Å². The van der Waals surface area contributed by atoms with Gasteiger partial charge in [0.25, 0.3) is 5.97 Å². The monoisotopic (exact) mass is 304 g/mol. The molecule has 0 saturated heterocycles. The summed E-state index contributed by atoms with van der Waals surface area (Å²) in [6, 6.07) is 0. The summed E-state index contributed by atoms with van der Waals surface area (Å²) >= 11 is 0. The van der Waals surface area contributed by atoms with E-state index in [1.165, 1.54) is 0 Å². The summed E-state index contributed by atoms with van der Waals surface area (Å²) in [6.45, 7) is 0. The summed E-state index contributed by atoms with van der Waals surface area (Å²) in [5, 5.41) is 51.7. The van der Waals surface area contributed by atoms with Crippen LogP contribution < -0.4 is 29.6 Å². The van der Waals surface area contributed by atoms with Crippen molar-refractivity contribution in [3.63, 3.8) is 0 Å². The van der Waals surface area contributed by atoms with Gasteiger partial charge >= 0.3 is 56.1 Å². The Bertz CT molecular complexity index is 369. The first kappa shape index (κ1) is 21.6. The van der Waals surface area contributed by atoms with Gasteiger partial charge in [0, 0.05) is 0 Å². The molecule has 0 aliphatic rings. The fourth-order valence-corrected chi connectivity index (χ4v) is 0.989. The number of hydrogen-bond donors (Lipinski definition) is 6. The Morgan fingerprint density at radius 1 is 1.10 bits per heavy atom. The maximum atomic E-state index is 11.1. The van der Waals surface area contributed by atoms with Crippen LogP contribution in [0.25, 0.3) is 0 Å². The number of hydrogen-bond acceptors (Lipinski definition) is 9. The molecule has 1 atom stereocenters. The van der Waals surface area contributed by atoms with Crippen LogP contribution in [0.15, 0.2) is 0 Å². The SMILES string of the molecule is O=C(O)CC(O)(CC(=O)OB(O)OB(O)O)C(=O)O.[H-].[Na+]. The van der Waals surface area contributed by atoms with Crippen molar-refractivity contribution >= 4 is 32.6 Å². The molecule has 0 saturated carbocycles. The van der Waals surface area contributed by atoms with E-state index in [1.807, 2.05) is 0 Å². The molecule has 0 aliphatic carbocycles. The largest absolute Gasteiger partial charge is 1.00 e. The number of rotatable bonds is 8. The van der Waals surface area contributed by atoms with Crippen LogP contribution in [0, 0.1) is 0 Å². The Morgan fingerprint density at radius 3 is 1.95 bits per heavy atom. The van der Waals surface area contributed by atoms with Crippen molar-refractivity contribution in [1.82, 2.24) is 0 Å². The van der Waals surface area contributed by atoms with Crippen molar-refractivity contribution in [3.05, 3.63) is 0 Å². The number of carboxylic acid groups (broad SMARTS) is 2. The summed E-state index contributed by atoms with van der Waals surface area (Å²) in [6.07, 6.45) is -2.58. The van der Waals surface area contributed by atoms with Gasteiger partial charge in [-0.25, -0.2) is 4.79 Å². The first-order valence-electron chi connectivity index (χ1n) is 4.63. The minimum atomic E-state index is -2.93. The van der Waals surface area contributed by atoms with Gasteiger partial charge in [-0.2, -0.15) is 0 Å². The summed E-state index contributed by atoms with van der Waals surface area (Å²) < 4.78 is 7.70. The first-order valence-corrected chi connectivity index (χ1v) is 4.63. The van der Waals surface area contributed by atoms with Crippen LogP contribution in [0.4, 0.5) is 0 Å². The molecule has 0 heterocycles. The van der Waals surface area contributed by atoms with Gasteiger partial charge in [-0.15, -0.1) is 0 Å². The average molecular weight is 304 g/mol. The van der Waals surface area contributed by atoms with Crippen molar-refractivity contribution in [3.8, 4) is 0 Å². The fraction of sp³-hybridized carbons (Fsp3) is 0.500. The van der Waals surface area contributed by atoms with E-state index < -0.39 is 51.0 Å². The Labute approximate surface area is 136 Å². The summed E-state index contributed by atoms with van der Waals surface area (Å²) in [5.74, 6) is -5.19. The molecule has 0 radical (unpaired) electrons. The van der Waals surface area contributed by atoms with Gasteiger partial charge in [-0.05, 0) is 0 Å². The molecule has 0 aliphatic heterocycles. The molecule has 0 aromatic carbocycles. The van der Waals surface area contributed by atoms with E-state index in [4.69, 9.17) is 25.3 Å². The van der Waals surface area contributed by atoms with Crippen LogP contribution in [0.3, 0.4) is 0 Å². The predicted octanol–water partition coefficient (Wildman–Crippen LogP) is -6.71. The second-order valence-electron chi connectivity index (χ2n) is 3.34. The normalized spacial score (nSPS) is 12.6. The van der Waals surface area contributed by atoms with Crippen LogP contribution in [-0.2, 0) is 23.6 Å². The molecule has 20 heavy (non-hydrogen) atoms. The Morgan fingerprint density at radius 2 is 1.60 bits per heavy atom. The van der Waals surface area contributed by atoms with E-state index in [-0.39, 0.29) is 31.0 Å². The maximum absolute atomic E-state index is 11.1. The topological polar surface area (TPSA) is 191 Å². The number of carbonyl (C=O) groups excluding carboxylic acids is 1. The van der Waals surface area contributed by atoms with E-state index in [1.54, 1.807) is 0 Å². The van der Waals surface area contributed by atoms with Gasteiger partial charge in [0.15, 0.2) is 5.60 Å². The fourth-order valence-electron chi connectivity index (χ4n) is 0.989. The van der Waals surface area contributed by atoms with Crippen LogP contribution in [0.2, 0.25) is 0 Å². The molecular weight excluding hydrogens is 293 g/mol. The zero-order chi connectivity index (χ0) is 15.2. The van der Waals surface area contributed by atoms with Gasteiger partial charge in [0.1, 0.15) is 0 Å². The molecule has 14 heteroatoms. The molecule has 0 spiro atoms. The minimum Gasteiger partial charge on any atom is -1.00 e. The van der Waals surface area contributed by atoms with E-state index >= 15 is 0 Å². The third-order valence-electron chi connectivity index (χ3n) is 1.75. The van der Waals surface area contributed by atoms with Gasteiger partial charge in [-0.3, -0.25) is 9.59 Å². The van der Waals surface area contributed by atoms with Crippen LogP contribution in [0.1, 0.15) is 14.3 Å². The summed E-state index contributed by atoms with van der Waals surface area (Å²) in [7, 11) is -4.88. The molecule has 0 bridgehead atoms. The molecule has 108 valence electrons. The molecule has 6 N–H and O–H groups in total. The second kappa shape index (κ2) is 9.31. The molecule has 0 amide bonds. The van der Waals surface area contributed by atoms with Crippen molar-refractivity contribution in [2.45, 2.75) is 18.4 Å². The molecule has 0 aromatic rings. The number of carbonyl (C=O) groups is 3. The van der Waals surface area contributed by atoms with Crippen LogP contribution in [0.5, 0.6) is 0 Å². The van der Waals surface area contributed by atoms with E-state index in [0.717, 1.165) is 0 Å². The molecule has 11 nitrogen and oxygen atoms in total. The summed E-state index contributed by atoms with van der Waals surface area (Å²) in [5.41, 5.74) is -2.93. The number of aliphatic hydroxyl groups is 1. The smallest absolute Gasteiger partial charge is 1.00 e. The second-order valence-corrected chi connectivity index (χ2v) is 3.34. The van der Waals surface area contributed by atoms with Crippen LogP contribution >= 0.6 is 0 Å². The van der Waals surface area contributed by atoms with Crippen LogP contribution in [-0.4, -0.2) is 68.5 Å². The molecular formula is C6H11B2NaO11. The van der Waals surface area contributed by atoms with Gasteiger partial charge in [0.05, 0.1) is 12.8 Å². The average Bonchev–Trinajstić information content (AvgIpc) is 2.12. The van der Waals surface area contributed by atoms with Gasteiger partial charge in [0.2, 0.25) is 0 Å². The van der Waals surface area contributed by atoms with E-state index in [2.05, 4.69) is 9.23 Å². The predicted molar refractivity (Wildman–Crippen MR) is 55.9 cm³/mol. The third-order valence-corrected chi connectivity index (χ3v) is 1.75. The van der Waals surface area contributed by atoms with Crippen molar-refractivity contribution < 1.29 is 85.0 Å². The minimum absolute atomic E-state index is 0. The Kier molecular flexibility index (Phi) is 10.1. The molecule has 0 aromatic heterocycles. The quantitative estimate of drug-likeness (QED) is 0.233. The van der Waals surface area contributed by atoms with Crippen molar-refractivity contribution in [1.29, 1.82) is 0 Å². The summed E-state index contributed by atoms with van der Waals surface area (Å²) in [4.78, 5) is 32.1. The van der Waals surface area contributed by atoms with E-state index in [0.29, 0.717) is 0 Å². The third kappa shape index (κ3) is 8.50. The molecule has 1 unspecified atom stereocenters. The van der Waals surface area contributed by atoms with Gasteiger partial charge in [-0.1, -0.05) is 0 Å². The molecule has 0 rings (SSSR count). The first-order chi connectivity index (χ1) is 8.56. The number of carboxylic acids is 2. The Hall–Kier alpha value is -0.660. The Balaban J connectivity index is -0.00000162.